The summed E-state index contributed by atoms with van der Waals surface area (Å²) in [5.74, 6) is 0.0869. The van der Waals surface area contributed by atoms with Gasteiger partial charge in [0.1, 0.15) is 21.8 Å². The number of hydrogen-bond donors (Lipinski definition) is 0. The standard InChI is InChI=1S/C24H29NO3.C24H29NO2S.C23H26N2O2S/c1-24(2,3)28-23(27)25-15-9-14-21(25)22(26)17-20-13-8-7-12-19(20)16-18-10-5-4-6-11-18;1-24(2,3)27-23(26)25-15-9-14-21(25)22(28)17-20-13-8-7-12-19(20)16-18-10-5-4-6-11-18;1-23(2,3)27-22(26)25-14-8-12-18(25)21-24-20-17(11-7-13-19(20)28-21)15-16-9-5-4-6-10-16/h2*4-8,10-13,21H,9,14-17H2,1-3H3;4-7,9-11,13,18H,8,12,14-15H2,1-3H3/t2*21-;18-/m000/s1. The van der Waals surface area contributed by atoms with Crippen LogP contribution in [0.2, 0.25) is 0 Å². The lowest BCUT2D eigenvalue weighted by atomic mass is 9.94. The van der Waals surface area contributed by atoms with E-state index >= 15 is 0 Å². The molecule has 4 heterocycles. The highest BCUT2D eigenvalue weighted by atomic mass is 32.1. The number of benzene rings is 6. The van der Waals surface area contributed by atoms with Gasteiger partial charge in [0, 0.05) is 37.3 Å². The van der Waals surface area contributed by atoms with E-state index in [1.165, 1.54) is 38.1 Å². The molecule has 3 aliphatic rings. The quantitative estimate of drug-likeness (QED) is 0.0821. The smallest absolute Gasteiger partial charge is 0.410 e. The number of fused-ring (bicyclic) bond motifs is 1. The Bertz CT molecular complexity index is 3190. The number of ether oxygens (including phenoxy) is 3. The first-order valence-electron chi connectivity index (χ1n) is 29.8. The third-order valence-corrected chi connectivity index (χ3v) is 16.4. The number of nitrogens with zero attached hydrogens (tertiary/aromatic N) is 4. The Kier molecular flexibility index (Phi) is 21.4. The molecule has 442 valence electrons. The molecule has 10 rings (SSSR count). The van der Waals surface area contributed by atoms with Crippen molar-refractivity contribution in [3.63, 3.8) is 0 Å². The Morgan fingerprint density at radius 1 is 0.464 bits per heavy atom. The molecule has 0 bridgehead atoms. The van der Waals surface area contributed by atoms with Crippen LogP contribution in [0.15, 0.2) is 158 Å². The second-order valence-corrected chi connectivity index (χ2v) is 26.7. The fraction of sp³-hybridized carbons (Fsp3) is 0.408. The molecule has 11 nitrogen and oxygen atoms in total. The van der Waals surface area contributed by atoms with Crippen LogP contribution in [0.3, 0.4) is 0 Å². The van der Waals surface area contributed by atoms with Crippen LogP contribution in [0.4, 0.5) is 14.4 Å². The number of ketones is 1. The number of Topliss-reactive ketones (excluding diaryl/α,β-unsaturated/α-hetero) is 1. The average molecular weight is 1170 g/mol. The largest absolute Gasteiger partial charge is 0.444 e. The van der Waals surface area contributed by atoms with Crippen LogP contribution >= 0.6 is 23.6 Å². The van der Waals surface area contributed by atoms with Crippen molar-refractivity contribution in [2.45, 2.75) is 168 Å². The second-order valence-electron chi connectivity index (χ2n) is 25.1. The van der Waals surface area contributed by atoms with Gasteiger partial charge in [-0.2, -0.15) is 0 Å². The van der Waals surface area contributed by atoms with Gasteiger partial charge in [0.2, 0.25) is 0 Å². The highest BCUT2D eigenvalue weighted by Crippen LogP contribution is 2.38. The zero-order chi connectivity index (χ0) is 60.0. The summed E-state index contributed by atoms with van der Waals surface area (Å²) in [6.45, 7) is 19.0. The van der Waals surface area contributed by atoms with E-state index in [1.54, 1.807) is 16.2 Å². The molecule has 0 unspecified atom stereocenters. The summed E-state index contributed by atoms with van der Waals surface area (Å²) in [5.41, 5.74) is 9.26. The molecule has 3 aliphatic heterocycles. The van der Waals surface area contributed by atoms with Crippen molar-refractivity contribution >= 4 is 62.7 Å². The van der Waals surface area contributed by atoms with Crippen LogP contribution in [0.5, 0.6) is 0 Å². The number of carbonyl (C=O) groups is 4. The van der Waals surface area contributed by atoms with Crippen LogP contribution in [-0.4, -0.2) is 97.1 Å². The summed E-state index contributed by atoms with van der Waals surface area (Å²) in [7, 11) is 0. The van der Waals surface area contributed by atoms with Gasteiger partial charge in [-0.05, 0) is 171 Å². The normalized spacial score (nSPS) is 17.0. The van der Waals surface area contributed by atoms with Gasteiger partial charge in [-0.25, -0.2) is 19.4 Å². The monoisotopic (exact) mass is 1170 g/mol. The van der Waals surface area contributed by atoms with Crippen LogP contribution in [-0.2, 0) is 51.1 Å². The Morgan fingerprint density at radius 2 is 0.845 bits per heavy atom. The Morgan fingerprint density at radius 3 is 1.33 bits per heavy atom. The first kappa shape index (κ1) is 62.8. The molecule has 0 saturated carbocycles. The SMILES string of the molecule is CC(C)(C)OC(=O)N1CCC[C@H]1C(=O)Cc1ccccc1Cc1ccccc1.CC(C)(C)OC(=O)N1CCC[C@H]1C(=S)Cc1ccccc1Cc1ccccc1.CC(C)(C)OC(=O)N1CCC[C@H]1c1nc2c(Cc3ccccc3)cccc2s1. The predicted octanol–water partition coefficient (Wildman–Crippen LogP) is 16.3. The molecule has 0 spiro atoms. The van der Waals surface area contributed by atoms with E-state index in [4.69, 9.17) is 31.4 Å². The number of rotatable bonds is 13. The van der Waals surface area contributed by atoms with Gasteiger partial charge in [-0.3, -0.25) is 14.6 Å². The maximum atomic E-state index is 13.1. The first-order chi connectivity index (χ1) is 40.1. The zero-order valence-corrected chi connectivity index (χ0v) is 52.2. The number of thiocarbonyl (C=S) groups is 1. The zero-order valence-electron chi connectivity index (χ0n) is 50.6. The topological polar surface area (TPSA) is 119 Å². The van der Waals surface area contributed by atoms with Crippen molar-refractivity contribution in [2.75, 3.05) is 19.6 Å². The van der Waals surface area contributed by atoms with Gasteiger partial charge in [-0.1, -0.05) is 164 Å². The Labute approximate surface area is 507 Å². The highest BCUT2D eigenvalue weighted by molar-refractivity contribution is 7.80. The third-order valence-electron chi connectivity index (χ3n) is 14.9. The lowest BCUT2D eigenvalue weighted by Crippen LogP contribution is -2.43. The minimum atomic E-state index is -0.560. The first-order valence-corrected chi connectivity index (χ1v) is 31.0. The van der Waals surface area contributed by atoms with Crippen molar-refractivity contribution in [2.24, 2.45) is 0 Å². The maximum Gasteiger partial charge on any atom is 0.410 e. The van der Waals surface area contributed by atoms with Gasteiger partial charge in [0.05, 0.1) is 28.3 Å². The molecule has 3 saturated heterocycles. The molecule has 3 atom stereocenters. The molecule has 3 amide bonds. The number of amides is 3. The van der Waals surface area contributed by atoms with Gasteiger partial charge in [0.25, 0.3) is 0 Å². The van der Waals surface area contributed by atoms with E-state index in [0.29, 0.717) is 32.4 Å². The van der Waals surface area contributed by atoms with E-state index in [1.807, 2.05) is 121 Å². The lowest BCUT2D eigenvalue weighted by Gasteiger charge is -2.29. The number of likely N-dealkylation sites (tertiary alicyclic amines) is 3. The second kappa shape index (κ2) is 28.6. The molecule has 84 heavy (non-hydrogen) atoms. The molecule has 1 aromatic heterocycles. The average Bonchev–Trinajstić information content (AvgIpc) is 3.52. The summed E-state index contributed by atoms with van der Waals surface area (Å²) >= 11 is 7.51. The summed E-state index contributed by atoms with van der Waals surface area (Å²) in [4.78, 5) is 61.9. The molecule has 0 radical (unpaired) electrons. The predicted molar refractivity (Wildman–Crippen MR) is 342 cm³/mol. The van der Waals surface area contributed by atoms with E-state index in [9.17, 15) is 19.2 Å². The lowest BCUT2D eigenvalue weighted by molar-refractivity contribution is -0.122. The summed E-state index contributed by atoms with van der Waals surface area (Å²) in [5, 5.41) is 1.01. The molecular weight excluding hydrogens is 1080 g/mol. The van der Waals surface area contributed by atoms with Crippen molar-refractivity contribution in [3.8, 4) is 0 Å². The molecule has 7 aromatic rings. The Balaban J connectivity index is 0.000000164. The van der Waals surface area contributed by atoms with E-state index in [-0.39, 0.29) is 42.2 Å². The fourth-order valence-electron chi connectivity index (χ4n) is 11.0. The van der Waals surface area contributed by atoms with E-state index in [0.717, 1.165) is 84.4 Å². The van der Waals surface area contributed by atoms with Crippen LogP contribution < -0.4 is 0 Å². The maximum absolute atomic E-state index is 13.1. The molecule has 0 aliphatic carbocycles. The summed E-state index contributed by atoms with van der Waals surface area (Å²) < 4.78 is 17.9. The third kappa shape index (κ3) is 18.1. The molecule has 13 heteroatoms. The molecule has 6 aromatic carbocycles. The minimum Gasteiger partial charge on any atom is -0.444 e. The van der Waals surface area contributed by atoms with Gasteiger partial charge < -0.3 is 19.1 Å². The number of aromatic nitrogens is 1. The van der Waals surface area contributed by atoms with Crippen molar-refractivity contribution in [1.29, 1.82) is 0 Å². The summed E-state index contributed by atoms with van der Waals surface area (Å²) in [6, 6.07) is 53.7. The number of hydrogen-bond acceptors (Lipinski definition) is 10. The van der Waals surface area contributed by atoms with Crippen molar-refractivity contribution in [1.82, 2.24) is 19.7 Å². The number of thiazole rings is 1. The van der Waals surface area contributed by atoms with Gasteiger partial charge in [-0.15, -0.1) is 11.3 Å². The van der Waals surface area contributed by atoms with Gasteiger partial charge >= 0.3 is 18.3 Å². The van der Waals surface area contributed by atoms with Crippen LogP contribution in [0.1, 0.15) is 156 Å². The van der Waals surface area contributed by atoms with Crippen molar-refractivity contribution < 1.29 is 33.4 Å². The fourth-order valence-corrected chi connectivity index (χ4v) is 12.6. The molecule has 3 fully saturated rings. The van der Waals surface area contributed by atoms with E-state index < -0.39 is 16.8 Å². The minimum absolute atomic E-state index is 0.0109. The van der Waals surface area contributed by atoms with E-state index in [2.05, 4.69) is 109 Å². The van der Waals surface area contributed by atoms with Crippen molar-refractivity contribution in [3.05, 3.63) is 207 Å². The molecular formula is C71H84N4O7S2. The van der Waals surface area contributed by atoms with Crippen LogP contribution in [0, 0.1) is 0 Å². The highest BCUT2D eigenvalue weighted by Gasteiger charge is 2.38. The number of para-hydroxylation sites is 1. The number of carbonyl (C=O) groups excluding carboxylic acids is 4. The van der Waals surface area contributed by atoms with Crippen LogP contribution in [0.25, 0.3) is 10.2 Å². The molecule has 0 N–H and O–H groups in total. The van der Waals surface area contributed by atoms with Gasteiger partial charge in [0.15, 0.2) is 5.78 Å². The Hall–Kier alpha value is -7.22. The summed E-state index contributed by atoms with van der Waals surface area (Å²) in [6.07, 6.45) is 8.07.